The molecule has 1 aliphatic carbocycles. The van der Waals surface area contributed by atoms with E-state index in [1.165, 1.54) is 44.2 Å². The minimum Gasteiger partial charge on any atom is -0.0622 e. The number of aryl methyl sites for hydroxylation is 2. The first kappa shape index (κ1) is 16.3. The van der Waals surface area contributed by atoms with Crippen LogP contribution in [-0.4, -0.2) is 0 Å². The maximum Gasteiger partial charge on any atom is 0.0107 e. The van der Waals surface area contributed by atoms with Crippen LogP contribution in [0.5, 0.6) is 0 Å². The molecular weight excluding hydrogens is 324 g/mol. The fourth-order valence-corrected chi connectivity index (χ4v) is 5.03. The van der Waals surface area contributed by atoms with Gasteiger partial charge in [-0.15, -0.1) is 0 Å². The van der Waals surface area contributed by atoms with E-state index in [0.29, 0.717) is 11.8 Å². The van der Waals surface area contributed by atoms with E-state index >= 15 is 0 Å². The first-order valence-electron chi connectivity index (χ1n) is 9.86. The predicted octanol–water partition coefficient (Wildman–Crippen LogP) is 7.12. The van der Waals surface area contributed by atoms with Gasteiger partial charge in [0.25, 0.3) is 0 Å². The zero-order chi connectivity index (χ0) is 18.4. The third kappa shape index (κ3) is 2.59. The lowest BCUT2D eigenvalue weighted by molar-refractivity contribution is 0.628. The van der Waals surface area contributed by atoms with Gasteiger partial charge in [-0.2, -0.15) is 0 Å². The number of rotatable bonds is 2. The van der Waals surface area contributed by atoms with Crippen molar-refractivity contribution in [2.24, 2.45) is 0 Å². The summed E-state index contributed by atoms with van der Waals surface area (Å²) in [5.74, 6) is 0.879. The van der Waals surface area contributed by atoms with Crippen molar-refractivity contribution in [3.63, 3.8) is 0 Å². The second-order valence-electron chi connectivity index (χ2n) is 7.85. The molecule has 0 saturated heterocycles. The van der Waals surface area contributed by atoms with Crippen LogP contribution in [0.4, 0.5) is 0 Å². The highest BCUT2D eigenvalue weighted by molar-refractivity contribution is 5.93. The molecule has 0 heterocycles. The first-order valence-corrected chi connectivity index (χ1v) is 9.86. The van der Waals surface area contributed by atoms with Gasteiger partial charge in [0.15, 0.2) is 0 Å². The molecule has 0 radical (unpaired) electrons. The second-order valence-corrected chi connectivity index (χ2v) is 7.85. The van der Waals surface area contributed by atoms with Gasteiger partial charge in [0.1, 0.15) is 0 Å². The smallest absolute Gasteiger partial charge is 0.0107 e. The average molecular weight is 348 g/mol. The lowest BCUT2D eigenvalue weighted by Crippen LogP contribution is -2.18. The molecule has 0 fully saturated rings. The molecule has 1 aliphatic rings. The van der Waals surface area contributed by atoms with Crippen molar-refractivity contribution in [3.05, 3.63) is 118 Å². The number of benzene rings is 4. The van der Waals surface area contributed by atoms with Crippen LogP contribution in [0, 0.1) is 13.8 Å². The van der Waals surface area contributed by atoms with Crippen molar-refractivity contribution < 1.29 is 0 Å². The third-order valence-corrected chi connectivity index (χ3v) is 6.28. The molecule has 4 aromatic rings. The van der Waals surface area contributed by atoms with E-state index in [0.717, 1.165) is 6.42 Å². The fourth-order valence-electron chi connectivity index (χ4n) is 5.03. The van der Waals surface area contributed by atoms with Gasteiger partial charge in [-0.05, 0) is 64.4 Å². The number of hydrogen-bond acceptors (Lipinski definition) is 0. The van der Waals surface area contributed by atoms with E-state index in [1.807, 2.05) is 0 Å². The van der Waals surface area contributed by atoms with Crippen molar-refractivity contribution >= 4 is 10.8 Å². The van der Waals surface area contributed by atoms with E-state index in [1.54, 1.807) is 0 Å². The van der Waals surface area contributed by atoms with Gasteiger partial charge in [-0.3, -0.25) is 0 Å². The summed E-state index contributed by atoms with van der Waals surface area (Å²) in [5.41, 5.74) is 8.75. The molecule has 0 heteroatoms. The van der Waals surface area contributed by atoms with Crippen LogP contribution in [0.15, 0.2) is 84.9 Å². The summed E-state index contributed by atoms with van der Waals surface area (Å²) in [6.45, 7) is 4.55. The van der Waals surface area contributed by atoms with E-state index < -0.39 is 0 Å². The number of hydrogen-bond donors (Lipinski definition) is 0. The van der Waals surface area contributed by atoms with Crippen LogP contribution in [0.1, 0.15) is 51.6 Å². The van der Waals surface area contributed by atoms with Gasteiger partial charge < -0.3 is 0 Å². The molecule has 0 N–H and O–H groups in total. The molecule has 4 aromatic carbocycles. The Labute approximate surface area is 161 Å². The van der Waals surface area contributed by atoms with Gasteiger partial charge in [0.2, 0.25) is 0 Å². The molecular formula is C27H24. The Hall–Kier alpha value is -2.86. The van der Waals surface area contributed by atoms with Crippen molar-refractivity contribution in [1.82, 2.24) is 0 Å². The molecule has 0 aliphatic heterocycles. The van der Waals surface area contributed by atoms with Crippen molar-refractivity contribution in [2.45, 2.75) is 32.1 Å². The van der Waals surface area contributed by atoms with Crippen LogP contribution >= 0.6 is 0 Å². The van der Waals surface area contributed by atoms with E-state index in [-0.39, 0.29) is 0 Å². The average Bonchev–Trinajstić information content (AvgIpc) is 2.73. The van der Waals surface area contributed by atoms with Gasteiger partial charge in [-0.25, -0.2) is 0 Å². The molecule has 27 heavy (non-hydrogen) atoms. The normalized spacial score (nSPS) is 18.6. The molecule has 132 valence electrons. The Morgan fingerprint density at radius 2 is 1.00 bits per heavy atom. The van der Waals surface area contributed by atoms with Gasteiger partial charge in [0.05, 0.1) is 0 Å². The molecule has 5 rings (SSSR count). The van der Waals surface area contributed by atoms with Crippen LogP contribution in [-0.2, 0) is 0 Å². The zero-order valence-electron chi connectivity index (χ0n) is 15.9. The first-order chi connectivity index (χ1) is 13.2. The van der Waals surface area contributed by atoms with Crippen LogP contribution in [0.3, 0.4) is 0 Å². The Bertz CT molecular complexity index is 1020. The molecule has 0 saturated carbocycles. The highest BCUT2D eigenvalue weighted by atomic mass is 14.4. The summed E-state index contributed by atoms with van der Waals surface area (Å²) in [4.78, 5) is 0. The lowest BCUT2D eigenvalue weighted by Gasteiger charge is -2.35. The van der Waals surface area contributed by atoms with Crippen LogP contribution < -0.4 is 0 Å². The summed E-state index contributed by atoms with van der Waals surface area (Å²) in [6.07, 6.45) is 1.13. The largest absolute Gasteiger partial charge is 0.0622 e. The summed E-state index contributed by atoms with van der Waals surface area (Å²) >= 11 is 0. The zero-order valence-corrected chi connectivity index (χ0v) is 15.9. The Morgan fingerprint density at radius 1 is 0.556 bits per heavy atom. The van der Waals surface area contributed by atoms with Gasteiger partial charge in [0, 0.05) is 11.8 Å². The standard InChI is InChI=1S/C27H24/c1-18-13-15-22-16-14-19(2)26-24(21-11-7-4-8-12-21)17-23(25(18)27(22)26)20-9-5-3-6-10-20/h3-16,23-24H,17H2,1-2H3/t23-,24-/m1/s1. The van der Waals surface area contributed by atoms with Gasteiger partial charge in [-0.1, -0.05) is 84.9 Å². The fraction of sp³-hybridized carbons (Fsp3) is 0.185. The van der Waals surface area contributed by atoms with Crippen molar-refractivity contribution in [3.8, 4) is 0 Å². The predicted molar refractivity (Wildman–Crippen MR) is 115 cm³/mol. The molecule has 0 amide bonds. The minimum atomic E-state index is 0.439. The summed E-state index contributed by atoms with van der Waals surface area (Å²) in [7, 11) is 0. The summed E-state index contributed by atoms with van der Waals surface area (Å²) in [5, 5.41) is 2.86. The van der Waals surface area contributed by atoms with Crippen LogP contribution in [0.2, 0.25) is 0 Å². The van der Waals surface area contributed by atoms with E-state index in [9.17, 15) is 0 Å². The summed E-state index contributed by atoms with van der Waals surface area (Å²) in [6, 6.07) is 31.3. The topological polar surface area (TPSA) is 0 Å². The second kappa shape index (κ2) is 6.39. The highest BCUT2D eigenvalue weighted by Crippen LogP contribution is 2.50. The van der Waals surface area contributed by atoms with Crippen LogP contribution in [0.25, 0.3) is 10.8 Å². The van der Waals surface area contributed by atoms with Gasteiger partial charge >= 0.3 is 0 Å². The molecule has 0 unspecified atom stereocenters. The maximum absolute atomic E-state index is 2.30. The Balaban J connectivity index is 1.86. The Morgan fingerprint density at radius 3 is 1.44 bits per heavy atom. The Kier molecular flexibility index (Phi) is 3.86. The quantitative estimate of drug-likeness (QED) is 0.361. The lowest BCUT2D eigenvalue weighted by atomic mass is 9.68. The maximum atomic E-state index is 2.30. The monoisotopic (exact) mass is 348 g/mol. The van der Waals surface area contributed by atoms with Crippen molar-refractivity contribution in [1.29, 1.82) is 0 Å². The van der Waals surface area contributed by atoms with Crippen molar-refractivity contribution in [2.75, 3.05) is 0 Å². The molecule has 0 nitrogen and oxygen atoms in total. The minimum absolute atomic E-state index is 0.439. The van der Waals surface area contributed by atoms with E-state index in [2.05, 4.69) is 98.8 Å². The summed E-state index contributed by atoms with van der Waals surface area (Å²) < 4.78 is 0. The molecule has 2 atom stereocenters. The van der Waals surface area contributed by atoms with E-state index in [4.69, 9.17) is 0 Å². The highest BCUT2D eigenvalue weighted by Gasteiger charge is 2.32. The SMILES string of the molecule is Cc1ccc2ccc(C)c3c2c1[C@@H](c1ccccc1)C[C@@H]3c1ccccc1. The molecule has 0 aromatic heterocycles. The molecule has 0 spiro atoms. The molecule has 0 bridgehead atoms. The third-order valence-electron chi connectivity index (χ3n) is 6.28.